The van der Waals surface area contributed by atoms with Crippen LogP contribution in [0.3, 0.4) is 0 Å². The van der Waals surface area contributed by atoms with E-state index in [4.69, 9.17) is 11.6 Å². The Balaban J connectivity index is 0.000000171. The van der Waals surface area contributed by atoms with Gasteiger partial charge in [-0.25, -0.2) is 9.97 Å². The van der Waals surface area contributed by atoms with E-state index in [0.29, 0.717) is 26.8 Å². The average molecular weight is 518 g/mol. The number of hydrogen-bond donors (Lipinski definition) is 2. The molecule has 30 heavy (non-hydrogen) atoms. The lowest BCUT2D eigenvalue weighted by atomic mass is 10.3. The normalized spacial score (nSPS) is 12.0. The molecule has 0 unspecified atom stereocenters. The zero-order valence-corrected chi connectivity index (χ0v) is 16.5. The molecule has 4 aromatic rings. The SMILES string of the molecule is FC(F)(F)Oc1ccc2nc(Br)[nH]c2c1.FC(F)(F)Oc1ccc2nc(Cl)[nH]c2c1. The summed E-state index contributed by atoms with van der Waals surface area (Å²) < 4.78 is 79.2. The molecule has 2 heterocycles. The Hall–Kier alpha value is -2.67. The van der Waals surface area contributed by atoms with E-state index in [2.05, 4.69) is 45.3 Å². The molecule has 0 aliphatic heterocycles. The Morgan fingerprint density at radius 1 is 0.767 bits per heavy atom. The molecule has 0 aliphatic rings. The third-order valence-electron chi connectivity index (χ3n) is 3.32. The molecule has 2 aromatic carbocycles. The van der Waals surface area contributed by atoms with Crippen molar-refractivity contribution in [3.05, 3.63) is 46.4 Å². The van der Waals surface area contributed by atoms with Crippen LogP contribution >= 0.6 is 27.5 Å². The number of halogens is 8. The molecule has 0 fully saturated rings. The lowest BCUT2D eigenvalue weighted by Crippen LogP contribution is -2.16. The minimum absolute atomic E-state index is 0.120. The summed E-state index contributed by atoms with van der Waals surface area (Å²) in [7, 11) is 0. The van der Waals surface area contributed by atoms with Gasteiger partial charge in [-0.3, -0.25) is 0 Å². The third-order valence-corrected chi connectivity index (χ3v) is 3.87. The van der Waals surface area contributed by atoms with Crippen molar-refractivity contribution in [3.63, 3.8) is 0 Å². The zero-order chi connectivity index (χ0) is 22.1. The summed E-state index contributed by atoms with van der Waals surface area (Å²) in [6.07, 6.45) is -9.37. The number of imidazole rings is 2. The summed E-state index contributed by atoms with van der Waals surface area (Å²) >= 11 is 8.62. The van der Waals surface area contributed by atoms with Gasteiger partial charge in [0.15, 0.2) is 4.73 Å². The molecule has 2 N–H and O–H groups in total. The van der Waals surface area contributed by atoms with Crippen molar-refractivity contribution < 1.29 is 35.8 Å². The Kier molecular flexibility index (Phi) is 6.04. The highest BCUT2D eigenvalue weighted by Crippen LogP contribution is 2.27. The molecule has 0 atom stereocenters. The van der Waals surface area contributed by atoms with Crippen LogP contribution in [0.2, 0.25) is 5.28 Å². The van der Waals surface area contributed by atoms with E-state index >= 15 is 0 Å². The number of H-pyrrole nitrogens is 2. The lowest BCUT2D eigenvalue weighted by Gasteiger charge is -2.07. The Morgan fingerprint density at radius 3 is 1.73 bits per heavy atom. The fraction of sp³-hybridized carbons (Fsp3) is 0.125. The topological polar surface area (TPSA) is 75.8 Å². The first-order chi connectivity index (χ1) is 13.9. The van der Waals surface area contributed by atoms with Gasteiger partial charge in [-0.1, -0.05) is 0 Å². The van der Waals surface area contributed by atoms with Crippen LogP contribution in [-0.2, 0) is 0 Å². The number of nitrogens with one attached hydrogen (secondary N) is 2. The monoisotopic (exact) mass is 516 g/mol. The first kappa shape index (κ1) is 22.0. The minimum Gasteiger partial charge on any atom is -0.406 e. The van der Waals surface area contributed by atoms with Gasteiger partial charge in [-0.05, 0) is 51.8 Å². The minimum atomic E-state index is -4.70. The molecule has 0 spiro atoms. The average Bonchev–Trinajstić information content (AvgIpc) is 3.12. The summed E-state index contributed by atoms with van der Waals surface area (Å²) in [5, 5.41) is 0.120. The van der Waals surface area contributed by atoms with Crippen molar-refractivity contribution in [1.82, 2.24) is 19.9 Å². The van der Waals surface area contributed by atoms with Crippen molar-refractivity contribution in [2.24, 2.45) is 0 Å². The molecule has 160 valence electrons. The molecular formula is C16H8BrClF6N4O2. The molecule has 2 aromatic heterocycles. The van der Waals surface area contributed by atoms with Gasteiger partial charge >= 0.3 is 12.7 Å². The van der Waals surface area contributed by atoms with Crippen molar-refractivity contribution in [3.8, 4) is 11.5 Å². The number of hydrogen-bond acceptors (Lipinski definition) is 4. The van der Waals surface area contributed by atoms with E-state index < -0.39 is 12.7 Å². The summed E-state index contributed by atoms with van der Waals surface area (Å²) in [4.78, 5) is 13.1. The van der Waals surface area contributed by atoms with Crippen LogP contribution in [0, 0.1) is 0 Å². The van der Waals surface area contributed by atoms with Gasteiger partial charge in [0.05, 0.1) is 22.1 Å². The van der Waals surface area contributed by atoms with Gasteiger partial charge in [0.2, 0.25) is 5.28 Å². The van der Waals surface area contributed by atoms with Crippen LogP contribution in [0.4, 0.5) is 26.3 Å². The predicted molar refractivity (Wildman–Crippen MR) is 98.3 cm³/mol. The van der Waals surface area contributed by atoms with Gasteiger partial charge in [0.1, 0.15) is 11.5 Å². The highest BCUT2D eigenvalue weighted by Gasteiger charge is 2.31. The smallest absolute Gasteiger partial charge is 0.406 e. The fourth-order valence-electron chi connectivity index (χ4n) is 2.31. The van der Waals surface area contributed by atoms with E-state index in [1.54, 1.807) is 0 Å². The third kappa shape index (κ3) is 6.16. The molecule has 0 bridgehead atoms. The predicted octanol–water partition coefficient (Wildman–Crippen LogP) is 6.34. The van der Waals surface area contributed by atoms with Crippen LogP contribution in [0.25, 0.3) is 22.1 Å². The number of nitrogens with zero attached hydrogens (tertiary/aromatic N) is 2. The van der Waals surface area contributed by atoms with Crippen molar-refractivity contribution in [1.29, 1.82) is 0 Å². The molecule has 0 amide bonds. The van der Waals surface area contributed by atoms with E-state index in [9.17, 15) is 26.3 Å². The number of aromatic amines is 2. The number of fused-ring (bicyclic) bond motifs is 2. The maximum atomic E-state index is 11.9. The number of benzene rings is 2. The number of alkyl halides is 6. The van der Waals surface area contributed by atoms with Crippen LogP contribution in [-0.4, -0.2) is 32.7 Å². The molecule has 6 nitrogen and oxygen atoms in total. The van der Waals surface area contributed by atoms with Crippen molar-refractivity contribution in [2.75, 3.05) is 0 Å². The van der Waals surface area contributed by atoms with Gasteiger partial charge in [0, 0.05) is 12.1 Å². The molecule has 0 aliphatic carbocycles. The van der Waals surface area contributed by atoms with Crippen LogP contribution < -0.4 is 9.47 Å². The molecule has 4 rings (SSSR count). The largest absolute Gasteiger partial charge is 0.573 e. The molecule has 0 saturated carbocycles. The maximum absolute atomic E-state index is 11.9. The van der Waals surface area contributed by atoms with Crippen LogP contribution in [0.5, 0.6) is 11.5 Å². The van der Waals surface area contributed by atoms with E-state index in [1.807, 2.05) is 0 Å². The second kappa shape index (κ2) is 8.22. The highest BCUT2D eigenvalue weighted by molar-refractivity contribution is 9.10. The zero-order valence-electron chi connectivity index (χ0n) is 14.2. The number of ether oxygens (including phenoxy) is 2. The second-order valence-corrected chi connectivity index (χ2v) is 6.62. The van der Waals surface area contributed by atoms with Crippen molar-refractivity contribution in [2.45, 2.75) is 12.7 Å². The van der Waals surface area contributed by atoms with Gasteiger partial charge < -0.3 is 19.4 Å². The standard InChI is InChI=1S/C8H4BrF3N2O.C8H4ClF3N2O/c2*9-7-13-5-2-1-4(3-6(5)14-7)15-8(10,11)12/h2*1-3H,(H,13,14). The highest BCUT2D eigenvalue weighted by atomic mass is 79.9. The van der Waals surface area contributed by atoms with Crippen LogP contribution in [0.1, 0.15) is 0 Å². The first-order valence-electron chi connectivity index (χ1n) is 7.70. The van der Waals surface area contributed by atoms with E-state index in [0.717, 1.165) is 0 Å². The number of rotatable bonds is 2. The first-order valence-corrected chi connectivity index (χ1v) is 8.87. The number of aromatic nitrogens is 4. The Labute approximate surface area is 176 Å². The molecule has 14 heteroatoms. The lowest BCUT2D eigenvalue weighted by molar-refractivity contribution is -0.275. The summed E-state index contributed by atoms with van der Waals surface area (Å²) in [5.41, 5.74) is 1.91. The molecular weight excluding hydrogens is 510 g/mol. The Bertz CT molecular complexity index is 1080. The van der Waals surface area contributed by atoms with Crippen molar-refractivity contribution >= 4 is 49.6 Å². The molecule has 0 radical (unpaired) electrons. The van der Waals surface area contributed by atoms with Crippen LogP contribution in [0.15, 0.2) is 41.1 Å². The quantitative estimate of drug-likeness (QED) is 0.304. The van der Waals surface area contributed by atoms with E-state index in [1.165, 1.54) is 36.4 Å². The summed E-state index contributed by atoms with van der Waals surface area (Å²) in [6, 6.07) is 7.63. The second-order valence-electron chi connectivity index (χ2n) is 5.51. The fourth-order valence-corrected chi connectivity index (χ4v) is 2.91. The summed E-state index contributed by atoms with van der Waals surface area (Å²) in [6.45, 7) is 0. The summed E-state index contributed by atoms with van der Waals surface area (Å²) in [5.74, 6) is -0.582. The van der Waals surface area contributed by atoms with E-state index in [-0.39, 0.29) is 16.8 Å². The molecule has 0 saturated heterocycles. The Morgan fingerprint density at radius 2 is 1.23 bits per heavy atom. The maximum Gasteiger partial charge on any atom is 0.573 e. The van der Waals surface area contributed by atoms with Gasteiger partial charge in [-0.2, -0.15) is 0 Å². The van der Waals surface area contributed by atoms with Gasteiger partial charge in [0.25, 0.3) is 0 Å². The van der Waals surface area contributed by atoms with Gasteiger partial charge in [-0.15, -0.1) is 26.3 Å².